The van der Waals surface area contributed by atoms with Crippen molar-refractivity contribution < 1.29 is 13.2 Å². The summed E-state index contributed by atoms with van der Waals surface area (Å²) in [5.41, 5.74) is 0.913. The first-order valence-corrected chi connectivity index (χ1v) is 5.86. The van der Waals surface area contributed by atoms with E-state index >= 15 is 0 Å². The van der Waals surface area contributed by atoms with Crippen molar-refractivity contribution in [3.63, 3.8) is 0 Å². The zero-order chi connectivity index (χ0) is 11.2. The molecule has 0 unspecified atom stereocenters. The molecule has 1 aromatic rings. The second-order valence-electron chi connectivity index (χ2n) is 3.49. The van der Waals surface area contributed by atoms with Gasteiger partial charge in [0.25, 0.3) is 5.91 Å². The van der Waals surface area contributed by atoms with Crippen LogP contribution >= 0.6 is 0 Å². The molecule has 0 bridgehead atoms. The number of benzene rings is 1. The second kappa shape index (κ2) is 3.04. The molecule has 1 aromatic carbocycles. The van der Waals surface area contributed by atoms with Crippen LogP contribution in [-0.4, -0.2) is 26.3 Å². The Bertz CT molecular complexity index is 536. The molecule has 1 aliphatic heterocycles. The van der Waals surface area contributed by atoms with E-state index in [1.807, 2.05) is 0 Å². The maximum absolute atomic E-state index is 11.6. The number of primary sulfonamides is 1. The van der Waals surface area contributed by atoms with Gasteiger partial charge in [-0.3, -0.25) is 4.79 Å². The van der Waals surface area contributed by atoms with Crippen molar-refractivity contribution in [1.29, 1.82) is 0 Å². The third-order valence-electron chi connectivity index (χ3n) is 2.41. The van der Waals surface area contributed by atoms with Gasteiger partial charge < -0.3 is 4.90 Å². The number of carbonyl (C=O) groups excluding carboxylic acids is 1. The predicted octanol–water partition coefficient (Wildman–Crippen LogP) is -0.0804. The summed E-state index contributed by atoms with van der Waals surface area (Å²) in [7, 11) is -2.13. The van der Waals surface area contributed by atoms with Gasteiger partial charge in [-0.25, -0.2) is 13.6 Å². The molecular weight excluding hydrogens is 216 g/mol. The molecule has 0 atom stereocenters. The Morgan fingerprint density at radius 3 is 2.67 bits per heavy atom. The number of amides is 1. The van der Waals surface area contributed by atoms with Gasteiger partial charge in [-0.1, -0.05) is 6.07 Å². The van der Waals surface area contributed by atoms with Crippen LogP contribution in [0, 0.1) is 0 Å². The Morgan fingerprint density at radius 1 is 1.40 bits per heavy atom. The van der Waals surface area contributed by atoms with Crippen LogP contribution in [0.15, 0.2) is 23.1 Å². The molecule has 0 aromatic heterocycles. The lowest BCUT2D eigenvalue weighted by Crippen LogP contribution is -2.17. The van der Waals surface area contributed by atoms with Crippen LogP contribution in [0.2, 0.25) is 0 Å². The molecule has 5 nitrogen and oxygen atoms in total. The molecule has 80 valence electrons. The first-order chi connectivity index (χ1) is 6.91. The van der Waals surface area contributed by atoms with Crippen LogP contribution in [-0.2, 0) is 16.6 Å². The summed E-state index contributed by atoms with van der Waals surface area (Å²) in [6.07, 6.45) is 0. The summed E-state index contributed by atoms with van der Waals surface area (Å²) >= 11 is 0. The quantitative estimate of drug-likeness (QED) is 0.727. The zero-order valence-electron chi connectivity index (χ0n) is 8.10. The van der Waals surface area contributed by atoms with Gasteiger partial charge in [0.05, 0.1) is 4.90 Å². The number of sulfonamides is 1. The van der Waals surface area contributed by atoms with Crippen LogP contribution in [0.5, 0.6) is 0 Å². The van der Waals surface area contributed by atoms with E-state index in [0.29, 0.717) is 17.7 Å². The highest BCUT2D eigenvalue weighted by molar-refractivity contribution is 7.89. The van der Waals surface area contributed by atoms with E-state index in [1.165, 1.54) is 17.0 Å². The lowest BCUT2D eigenvalue weighted by Gasteiger charge is -2.06. The standard InChI is InChI=1S/C9H10N2O3S/c1-11-5-7-6(9(11)12)3-2-4-8(7)15(10,13)14/h2-4H,5H2,1H3,(H2,10,13,14). The first kappa shape index (κ1) is 10.1. The Kier molecular flexibility index (Phi) is 2.06. The van der Waals surface area contributed by atoms with Crippen molar-refractivity contribution in [3.05, 3.63) is 29.3 Å². The van der Waals surface area contributed by atoms with E-state index in [-0.39, 0.29) is 10.8 Å². The fourth-order valence-corrected chi connectivity index (χ4v) is 2.50. The van der Waals surface area contributed by atoms with E-state index in [9.17, 15) is 13.2 Å². The number of nitrogens with zero attached hydrogens (tertiary/aromatic N) is 1. The van der Waals surface area contributed by atoms with E-state index in [2.05, 4.69) is 0 Å². The highest BCUT2D eigenvalue weighted by atomic mass is 32.2. The molecule has 2 N–H and O–H groups in total. The van der Waals surface area contributed by atoms with Crippen molar-refractivity contribution in [1.82, 2.24) is 4.90 Å². The summed E-state index contributed by atoms with van der Waals surface area (Å²) in [4.78, 5) is 13.1. The van der Waals surface area contributed by atoms with Crippen LogP contribution in [0.4, 0.5) is 0 Å². The molecule has 1 aliphatic rings. The number of fused-ring (bicyclic) bond motifs is 1. The molecule has 6 heteroatoms. The van der Waals surface area contributed by atoms with Crippen LogP contribution in [0.25, 0.3) is 0 Å². The Labute approximate surface area is 87.5 Å². The van der Waals surface area contributed by atoms with Gasteiger partial charge in [0.1, 0.15) is 0 Å². The van der Waals surface area contributed by atoms with Crippen LogP contribution < -0.4 is 5.14 Å². The largest absolute Gasteiger partial charge is 0.337 e. The molecule has 0 fully saturated rings. The van der Waals surface area contributed by atoms with E-state index in [1.54, 1.807) is 13.1 Å². The number of carbonyl (C=O) groups is 1. The number of rotatable bonds is 1. The molecule has 0 aliphatic carbocycles. The maximum atomic E-state index is 11.6. The van der Waals surface area contributed by atoms with Crippen molar-refractivity contribution in [2.24, 2.45) is 5.14 Å². The molecular formula is C9H10N2O3S. The summed E-state index contributed by atoms with van der Waals surface area (Å²) in [5, 5.41) is 5.06. The Hall–Kier alpha value is -1.40. The SMILES string of the molecule is CN1Cc2c(cccc2S(N)(=O)=O)C1=O. The summed E-state index contributed by atoms with van der Waals surface area (Å²) in [6, 6.07) is 4.55. The van der Waals surface area contributed by atoms with E-state index in [0.717, 1.165) is 0 Å². The average molecular weight is 226 g/mol. The van der Waals surface area contributed by atoms with Gasteiger partial charge in [-0.15, -0.1) is 0 Å². The van der Waals surface area contributed by atoms with Gasteiger partial charge in [-0.05, 0) is 12.1 Å². The monoisotopic (exact) mass is 226 g/mol. The predicted molar refractivity (Wildman–Crippen MR) is 53.6 cm³/mol. The molecule has 15 heavy (non-hydrogen) atoms. The summed E-state index contributed by atoms with van der Waals surface area (Å²) in [6.45, 7) is 0.292. The zero-order valence-corrected chi connectivity index (χ0v) is 8.91. The minimum absolute atomic E-state index is 0.0395. The minimum atomic E-state index is -3.75. The summed E-state index contributed by atoms with van der Waals surface area (Å²) in [5.74, 6) is -0.171. The molecule has 0 radical (unpaired) electrons. The molecule has 2 rings (SSSR count). The van der Waals surface area contributed by atoms with Gasteiger partial charge in [0.15, 0.2) is 0 Å². The highest BCUT2D eigenvalue weighted by Crippen LogP contribution is 2.26. The topological polar surface area (TPSA) is 80.5 Å². The summed E-state index contributed by atoms with van der Waals surface area (Å²) < 4.78 is 22.5. The fourth-order valence-electron chi connectivity index (χ4n) is 1.71. The van der Waals surface area contributed by atoms with Crippen molar-refractivity contribution in [2.45, 2.75) is 11.4 Å². The first-order valence-electron chi connectivity index (χ1n) is 4.31. The highest BCUT2D eigenvalue weighted by Gasteiger charge is 2.29. The Morgan fingerprint density at radius 2 is 2.07 bits per heavy atom. The van der Waals surface area contributed by atoms with Gasteiger partial charge in [-0.2, -0.15) is 0 Å². The number of hydrogen-bond acceptors (Lipinski definition) is 3. The van der Waals surface area contributed by atoms with Gasteiger partial charge in [0.2, 0.25) is 10.0 Å². The smallest absolute Gasteiger partial charge is 0.254 e. The lowest BCUT2D eigenvalue weighted by atomic mass is 10.1. The van der Waals surface area contributed by atoms with Crippen molar-refractivity contribution >= 4 is 15.9 Å². The third-order valence-corrected chi connectivity index (χ3v) is 3.41. The van der Waals surface area contributed by atoms with Crippen molar-refractivity contribution in [2.75, 3.05) is 7.05 Å². The number of hydrogen-bond donors (Lipinski definition) is 1. The lowest BCUT2D eigenvalue weighted by molar-refractivity contribution is 0.0816. The molecule has 1 heterocycles. The molecule has 1 amide bonds. The van der Waals surface area contributed by atoms with E-state index < -0.39 is 10.0 Å². The second-order valence-corrected chi connectivity index (χ2v) is 5.02. The van der Waals surface area contributed by atoms with Crippen LogP contribution in [0.3, 0.4) is 0 Å². The van der Waals surface area contributed by atoms with E-state index in [4.69, 9.17) is 5.14 Å². The molecule has 0 saturated carbocycles. The molecule has 0 spiro atoms. The average Bonchev–Trinajstić information content (AvgIpc) is 2.41. The molecule has 0 saturated heterocycles. The number of nitrogens with two attached hydrogens (primary N) is 1. The van der Waals surface area contributed by atoms with Crippen molar-refractivity contribution in [3.8, 4) is 0 Å². The maximum Gasteiger partial charge on any atom is 0.254 e. The normalized spacial score (nSPS) is 15.6. The fraction of sp³-hybridized carbons (Fsp3) is 0.222. The van der Waals surface area contributed by atoms with Crippen LogP contribution in [0.1, 0.15) is 15.9 Å². The van der Waals surface area contributed by atoms with Gasteiger partial charge >= 0.3 is 0 Å². The minimum Gasteiger partial charge on any atom is -0.337 e. The third kappa shape index (κ3) is 1.51. The Balaban J connectivity index is 2.70. The van der Waals surface area contributed by atoms with Gasteiger partial charge in [0, 0.05) is 24.7 Å².